The predicted molar refractivity (Wildman–Crippen MR) is 76.4 cm³/mol. The Labute approximate surface area is 122 Å². The van der Waals surface area contributed by atoms with E-state index in [4.69, 9.17) is 0 Å². The highest BCUT2D eigenvalue weighted by Crippen LogP contribution is 2.36. The first-order valence-corrected chi connectivity index (χ1v) is 7.03. The Morgan fingerprint density at radius 2 is 2.05 bits per heavy atom. The molecule has 2 N–H and O–H groups in total. The van der Waals surface area contributed by atoms with Crippen molar-refractivity contribution in [2.24, 2.45) is 0 Å². The third-order valence-electron chi connectivity index (χ3n) is 3.71. The van der Waals surface area contributed by atoms with Crippen molar-refractivity contribution in [3.63, 3.8) is 0 Å². The number of carbonyl (C=O) groups excluding carboxylic acids is 1. The van der Waals surface area contributed by atoms with Crippen LogP contribution >= 0.6 is 0 Å². The number of rotatable bonds is 5. The molecule has 1 atom stereocenters. The molecule has 0 unspecified atom stereocenters. The van der Waals surface area contributed by atoms with Crippen molar-refractivity contribution >= 4 is 5.91 Å². The van der Waals surface area contributed by atoms with Gasteiger partial charge in [-0.05, 0) is 42.7 Å². The van der Waals surface area contributed by atoms with Crippen molar-refractivity contribution in [2.45, 2.75) is 24.9 Å². The van der Waals surface area contributed by atoms with E-state index in [1.54, 1.807) is 18.2 Å². The van der Waals surface area contributed by atoms with Gasteiger partial charge in [-0.2, -0.15) is 0 Å². The molecular weight excluding hydrogens is 271 g/mol. The van der Waals surface area contributed by atoms with E-state index in [-0.39, 0.29) is 18.3 Å². The summed E-state index contributed by atoms with van der Waals surface area (Å²) in [6.45, 7) is -0.235. The van der Waals surface area contributed by atoms with Gasteiger partial charge in [0, 0.05) is 12.2 Å². The van der Waals surface area contributed by atoms with Gasteiger partial charge in [-0.15, -0.1) is 0 Å². The summed E-state index contributed by atoms with van der Waals surface area (Å²) < 4.78 is 14.9. The Kier molecular flexibility index (Phi) is 3.75. The SMILES string of the molecule is O=C(N[C@@H](CO)c1ccc(F)cc1)c1cccn1C1CC1. The summed E-state index contributed by atoms with van der Waals surface area (Å²) in [5, 5.41) is 12.3. The quantitative estimate of drug-likeness (QED) is 0.888. The maximum absolute atomic E-state index is 12.9. The average molecular weight is 288 g/mol. The highest BCUT2D eigenvalue weighted by atomic mass is 19.1. The van der Waals surface area contributed by atoms with Crippen molar-refractivity contribution < 1.29 is 14.3 Å². The molecular formula is C16H17FN2O2. The monoisotopic (exact) mass is 288 g/mol. The molecule has 0 spiro atoms. The number of hydrogen-bond acceptors (Lipinski definition) is 2. The second-order valence-corrected chi connectivity index (χ2v) is 5.29. The third-order valence-corrected chi connectivity index (χ3v) is 3.71. The minimum atomic E-state index is -0.541. The van der Waals surface area contributed by atoms with Gasteiger partial charge in [-0.3, -0.25) is 4.79 Å². The minimum Gasteiger partial charge on any atom is -0.394 e. The maximum Gasteiger partial charge on any atom is 0.268 e. The molecule has 0 bridgehead atoms. The molecule has 1 aromatic carbocycles. The van der Waals surface area contributed by atoms with Crippen LogP contribution in [0.2, 0.25) is 0 Å². The lowest BCUT2D eigenvalue weighted by Gasteiger charge is -2.17. The van der Waals surface area contributed by atoms with E-state index in [1.807, 2.05) is 16.8 Å². The molecule has 5 heteroatoms. The van der Waals surface area contributed by atoms with Gasteiger partial charge in [0.1, 0.15) is 11.5 Å². The molecule has 1 aliphatic rings. The summed E-state index contributed by atoms with van der Waals surface area (Å²) in [7, 11) is 0. The number of aliphatic hydroxyl groups excluding tert-OH is 1. The van der Waals surface area contributed by atoms with E-state index >= 15 is 0 Å². The Hall–Kier alpha value is -2.14. The molecule has 2 aromatic rings. The first-order valence-electron chi connectivity index (χ1n) is 7.03. The van der Waals surface area contributed by atoms with Crippen molar-refractivity contribution in [1.29, 1.82) is 0 Å². The van der Waals surface area contributed by atoms with Crippen molar-refractivity contribution in [2.75, 3.05) is 6.61 Å². The van der Waals surface area contributed by atoms with E-state index in [0.29, 0.717) is 17.3 Å². The van der Waals surface area contributed by atoms with Crippen LogP contribution in [-0.2, 0) is 0 Å². The Morgan fingerprint density at radius 1 is 1.33 bits per heavy atom. The zero-order chi connectivity index (χ0) is 14.8. The molecule has 1 aromatic heterocycles. The number of carbonyl (C=O) groups is 1. The molecule has 0 aliphatic heterocycles. The van der Waals surface area contributed by atoms with Crippen LogP contribution in [0, 0.1) is 5.82 Å². The highest BCUT2D eigenvalue weighted by Gasteiger charge is 2.27. The van der Waals surface area contributed by atoms with Gasteiger partial charge in [0.05, 0.1) is 12.6 Å². The van der Waals surface area contributed by atoms with Crippen LogP contribution in [0.3, 0.4) is 0 Å². The number of amides is 1. The molecule has 21 heavy (non-hydrogen) atoms. The van der Waals surface area contributed by atoms with Gasteiger partial charge in [-0.25, -0.2) is 4.39 Å². The number of aromatic nitrogens is 1. The molecule has 4 nitrogen and oxygen atoms in total. The second-order valence-electron chi connectivity index (χ2n) is 5.29. The van der Waals surface area contributed by atoms with Crippen LogP contribution in [0.1, 0.15) is 41.0 Å². The minimum absolute atomic E-state index is 0.227. The highest BCUT2D eigenvalue weighted by molar-refractivity contribution is 5.93. The predicted octanol–water partition coefficient (Wildman–Crippen LogP) is 2.43. The van der Waals surface area contributed by atoms with Gasteiger partial charge in [0.15, 0.2) is 0 Å². The van der Waals surface area contributed by atoms with E-state index in [1.165, 1.54) is 12.1 Å². The molecule has 1 saturated carbocycles. The lowest BCUT2D eigenvalue weighted by atomic mass is 10.1. The number of hydrogen-bond donors (Lipinski definition) is 2. The molecule has 1 fully saturated rings. The van der Waals surface area contributed by atoms with Crippen molar-refractivity contribution in [3.05, 3.63) is 59.7 Å². The lowest BCUT2D eigenvalue weighted by Crippen LogP contribution is -2.32. The number of nitrogens with one attached hydrogen (secondary N) is 1. The van der Waals surface area contributed by atoms with Crippen molar-refractivity contribution in [3.8, 4) is 0 Å². The van der Waals surface area contributed by atoms with E-state index < -0.39 is 6.04 Å². The summed E-state index contributed by atoms with van der Waals surface area (Å²) in [4.78, 5) is 12.4. The normalized spacial score (nSPS) is 15.7. The first kappa shape index (κ1) is 13.8. The van der Waals surface area contributed by atoms with Crippen LogP contribution in [0.4, 0.5) is 4.39 Å². The summed E-state index contributed by atoms with van der Waals surface area (Å²) in [5.74, 6) is -0.570. The fourth-order valence-corrected chi connectivity index (χ4v) is 2.42. The van der Waals surface area contributed by atoms with E-state index in [2.05, 4.69) is 5.32 Å². The van der Waals surface area contributed by atoms with Crippen LogP contribution in [0.25, 0.3) is 0 Å². The van der Waals surface area contributed by atoms with Gasteiger partial charge in [-0.1, -0.05) is 12.1 Å². The number of halogens is 1. The molecule has 1 aliphatic carbocycles. The second kappa shape index (κ2) is 5.69. The van der Waals surface area contributed by atoms with E-state index in [9.17, 15) is 14.3 Å². The summed E-state index contributed by atoms with van der Waals surface area (Å²) in [5.41, 5.74) is 1.27. The van der Waals surface area contributed by atoms with Crippen LogP contribution < -0.4 is 5.32 Å². The topological polar surface area (TPSA) is 54.3 Å². The first-order chi connectivity index (χ1) is 10.2. The maximum atomic E-state index is 12.9. The van der Waals surface area contributed by atoms with Gasteiger partial charge < -0.3 is 15.0 Å². The Bertz CT molecular complexity index is 632. The molecule has 0 radical (unpaired) electrons. The van der Waals surface area contributed by atoms with Crippen LogP contribution in [0.5, 0.6) is 0 Å². The molecule has 0 saturated heterocycles. The third kappa shape index (κ3) is 2.97. The molecule has 1 heterocycles. The lowest BCUT2D eigenvalue weighted by molar-refractivity contribution is 0.0906. The summed E-state index contributed by atoms with van der Waals surface area (Å²) in [6.07, 6.45) is 4.09. The standard InChI is InChI=1S/C16H17FN2O2/c17-12-5-3-11(4-6-12)14(10-20)18-16(21)15-2-1-9-19(15)13-7-8-13/h1-6,9,13-14,20H,7-8,10H2,(H,18,21)/t14-/m0/s1. The molecule has 1 amide bonds. The molecule has 110 valence electrons. The van der Waals surface area contributed by atoms with Gasteiger partial charge >= 0.3 is 0 Å². The summed E-state index contributed by atoms with van der Waals surface area (Å²) in [6, 6.07) is 9.26. The number of nitrogens with zero attached hydrogens (tertiary/aromatic N) is 1. The van der Waals surface area contributed by atoms with Crippen LogP contribution in [-0.4, -0.2) is 22.2 Å². The van der Waals surface area contributed by atoms with Gasteiger partial charge in [0.2, 0.25) is 0 Å². The zero-order valence-corrected chi connectivity index (χ0v) is 11.5. The zero-order valence-electron chi connectivity index (χ0n) is 11.5. The van der Waals surface area contributed by atoms with Crippen LogP contribution in [0.15, 0.2) is 42.6 Å². The van der Waals surface area contributed by atoms with Gasteiger partial charge in [0.25, 0.3) is 5.91 Å². The molecule has 3 rings (SSSR count). The summed E-state index contributed by atoms with van der Waals surface area (Å²) >= 11 is 0. The fourth-order valence-electron chi connectivity index (χ4n) is 2.42. The number of aliphatic hydroxyl groups is 1. The fraction of sp³-hybridized carbons (Fsp3) is 0.312. The van der Waals surface area contributed by atoms with Crippen molar-refractivity contribution in [1.82, 2.24) is 9.88 Å². The smallest absolute Gasteiger partial charge is 0.268 e. The van der Waals surface area contributed by atoms with E-state index in [0.717, 1.165) is 12.8 Å². The largest absolute Gasteiger partial charge is 0.394 e. The Balaban J connectivity index is 1.75. The average Bonchev–Trinajstić information content (AvgIpc) is 3.22. The number of benzene rings is 1. The Morgan fingerprint density at radius 3 is 2.67 bits per heavy atom.